The molecule has 70 valence electrons. The molecule has 3 nitrogen and oxygen atoms in total. The summed E-state index contributed by atoms with van der Waals surface area (Å²) >= 11 is 0. The maximum atomic E-state index is 10.0. The first-order chi connectivity index (χ1) is 5.49. The quantitative estimate of drug-likeness (QED) is 0.691. The van der Waals surface area contributed by atoms with Gasteiger partial charge in [0.25, 0.3) is 0 Å². The van der Waals surface area contributed by atoms with E-state index >= 15 is 0 Å². The number of methoxy groups -OCH3 is 1. The predicted molar refractivity (Wildman–Crippen MR) is 46.4 cm³/mol. The van der Waals surface area contributed by atoms with Gasteiger partial charge in [-0.3, -0.25) is 0 Å². The predicted octanol–water partition coefficient (Wildman–Crippen LogP) is 1.18. The molecule has 0 rings (SSSR count). The van der Waals surface area contributed by atoms with Crippen LogP contribution in [0.5, 0.6) is 0 Å². The minimum Gasteiger partial charge on any atom is -0.386 e. The number of aliphatic hydroxyl groups is 1. The molecule has 1 N–H and O–H groups in total. The Kier molecular flexibility index (Phi) is 4.22. The molecule has 0 amide bonds. The highest BCUT2D eigenvalue weighted by molar-refractivity contribution is 4.98. The third-order valence-electron chi connectivity index (χ3n) is 2.32. The van der Waals surface area contributed by atoms with Crippen LogP contribution in [0.25, 0.3) is 0 Å². The van der Waals surface area contributed by atoms with E-state index in [2.05, 4.69) is 0 Å². The Morgan fingerprint density at radius 1 is 1.50 bits per heavy atom. The molecule has 0 spiro atoms. The highest BCUT2D eigenvalue weighted by Crippen LogP contribution is 2.25. The van der Waals surface area contributed by atoms with Crippen LogP contribution in [0.3, 0.4) is 0 Å². The summed E-state index contributed by atoms with van der Waals surface area (Å²) in [5.74, 6) is -0.385. The maximum Gasteiger partial charge on any atom is 0.106 e. The maximum absolute atomic E-state index is 10.0. The Hall–Kier alpha value is -0.590. The highest BCUT2D eigenvalue weighted by Gasteiger charge is 2.37. The first-order valence-electron chi connectivity index (χ1n) is 4.10. The van der Waals surface area contributed by atoms with Crippen LogP contribution in [0.2, 0.25) is 0 Å². The van der Waals surface area contributed by atoms with Crippen molar-refractivity contribution in [3.8, 4) is 6.07 Å². The lowest BCUT2D eigenvalue weighted by Crippen LogP contribution is -2.45. The fraction of sp³-hybridized carbons (Fsp3) is 0.889. The van der Waals surface area contributed by atoms with Crippen molar-refractivity contribution in [2.45, 2.75) is 26.4 Å². The van der Waals surface area contributed by atoms with Crippen molar-refractivity contribution < 1.29 is 9.84 Å². The molecule has 0 saturated heterocycles. The molecule has 0 aliphatic carbocycles. The summed E-state index contributed by atoms with van der Waals surface area (Å²) < 4.78 is 4.89. The Morgan fingerprint density at radius 2 is 2.00 bits per heavy atom. The zero-order valence-electron chi connectivity index (χ0n) is 8.16. The zero-order valence-corrected chi connectivity index (χ0v) is 8.16. The molecule has 2 atom stereocenters. The van der Waals surface area contributed by atoms with Crippen LogP contribution in [0, 0.1) is 23.2 Å². The van der Waals surface area contributed by atoms with Gasteiger partial charge in [0.2, 0.25) is 0 Å². The monoisotopic (exact) mass is 171 g/mol. The van der Waals surface area contributed by atoms with Crippen molar-refractivity contribution in [2.24, 2.45) is 11.8 Å². The molecule has 3 heteroatoms. The summed E-state index contributed by atoms with van der Waals surface area (Å²) in [7, 11) is 1.53. The number of hydrogen-bond donors (Lipinski definition) is 1. The van der Waals surface area contributed by atoms with Crippen molar-refractivity contribution in [2.75, 3.05) is 13.7 Å². The molecule has 0 saturated carbocycles. The van der Waals surface area contributed by atoms with E-state index in [-0.39, 0.29) is 12.5 Å². The van der Waals surface area contributed by atoms with Gasteiger partial charge in [-0.05, 0) is 12.8 Å². The summed E-state index contributed by atoms with van der Waals surface area (Å²) in [6.45, 7) is 5.68. The molecule has 0 aliphatic rings. The van der Waals surface area contributed by atoms with Crippen molar-refractivity contribution in [3.05, 3.63) is 0 Å². The molecular formula is C9H17NO2. The van der Waals surface area contributed by atoms with Gasteiger partial charge in [-0.25, -0.2) is 0 Å². The molecule has 0 fully saturated rings. The number of ether oxygens (including phenoxy) is 1. The number of nitriles is 1. The van der Waals surface area contributed by atoms with E-state index in [0.717, 1.165) is 0 Å². The summed E-state index contributed by atoms with van der Waals surface area (Å²) in [6.07, 6.45) is 0. The van der Waals surface area contributed by atoms with Gasteiger partial charge in [-0.15, -0.1) is 0 Å². The van der Waals surface area contributed by atoms with Gasteiger partial charge >= 0.3 is 0 Å². The smallest absolute Gasteiger partial charge is 0.106 e. The van der Waals surface area contributed by atoms with Crippen molar-refractivity contribution in [1.82, 2.24) is 0 Å². The molecule has 12 heavy (non-hydrogen) atoms. The van der Waals surface area contributed by atoms with Gasteiger partial charge in [-0.1, -0.05) is 13.8 Å². The first-order valence-corrected chi connectivity index (χ1v) is 4.10. The average Bonchev–Trinajstić information content (AvgIpc) is 2.03. The van der Waals surface area contributed by atoms with Gasteiger partial charge in [0.1, 0.15) is 5.60 Å². The van der Waals surface area contributed by atoms with E-state index in [1.807, 2.05) is 19.9 Å². The molecule has 0 radical (unpaired) electrons. The third kappa shape index (κ3) is 2.20. The second-order valence-electron chi connectivity index (χ2n) is 3.43. The van der Waals surface area contributed by atoms with Crippen LogP contribution in [0.1, 0.15) is 20.8 Å². The topological polar surface area (TPSA) is 53.2 Å². The Balaban J connectivity index is 4.51. The molecule has 0 aliphatic heterocycles. The largest absolute Gasteiger partial charge is 0.386 e. The number of nitrogens with zero attached hydrogens (tertiary/aromatic N) is 1. The van der Waals surface area contributed by atoms with E-state index in [1.165, 1.54) is 7.11 Å². The third-order valence-corrected chi connectivity index (χ3v) is 2.32. The molecule has 2 unspecified atom stereocenters. The molecular weight excluding hydrogens is 154 g/mol. The van der Waals surface area contributed by atoms with E-state index in [1.54, 1.807) is 6.92 Å². The fourth-order valence-corrected chi connectivity index (χ4v) is 1.13. The van der Waals surface area contributed by atoms with Crippen LogP contribution in [-0.2, 0) is 4.74 Å². The molecule has 0 heterocycles. The van der Waals surface area contributed by atoms with Crippen molar-refractivity contribution in [3.63, 3.8) is 0 Å². The molecule has 0 bridgehead atoms. The lowest BCUT2D eigenvalue weighted by molar-refractivity contribution is -0.0869. The SMILES string of the molecule is COCC(O)(C(C)C)C(C)C#N. The number of rotatable bonds is 4. The van der Waals surface area contributed by atoms with Gasteiger partial charge in [0.05, 0.1) is 18.6 Å². The van der Waals surface area contributed by atoms with Crippen LogP contribution < -0.4 is 0 Å². The standard InChI is InChI=1S/C9H17NO2/c1-7(2)9(11,6-12-4)8(3)5-10/h7-8,11H,6H2,1-4H3. The fourth-order valence-electron chi connectivity index (χ4n) is 1.13. The zero-order chi connectivity index (χ0) is 9.78. The van der Waals surface area contributed by atoms with Gasteiger partial charge in [0.15, 0.2) is 0 Å². The minimum atomic E-state index is -1.02. The second kappa shape index (κ2) is 4.44. The lowest BCUT2D eigenvalue weighted by atomic mass is 9.81. The molecule has 0 aromatic heterocycles. The van der Waals surface area contributed by atoms with Crippen LogP contribution in [0.15, 0.2) is 0 Å². The van der Waals surface area contributed by atoms with Crippen molar-refractivity contribution >= 4 is 0 Å². The van der Waals surface area contributed by atoms with Crippen LogP contribution >= 0.6 is 0 Å². The Labute approximate surface area is 74.0 Å². The van der Waals surface area contributed by atoms with Gasteiger partial charge in [-0.2, -0.15) is 5.26 Å². The summed E-state index contributed by atoms with van der Waals surface area (Å²) in [5, 5.41) is 18.7. The van der Waals surface area contributed by atoms with E-state index in [0.29, 0.717) is 0 Å². The second-order valence-corrected chi connectivity index (χ2v) is 3.43. The summed E-state index contributed by atoms with van der Waals surface area (Å²) in [5.41, 5.74) is -1.02. The summed E-state index contributed by atoms with van der Waals surface area (Å²) in [6, 6.07) is 2.04. The highest BCUT2D eigenvalue weighted by atomic mass is 16.5. The van der Waals surface area contributed by atoms with Crippen molar-refractivity contribution in [1.29, 1.82) is 5.26 Å². The van der Waals surface area contributed by atoms with E-state index < -0.39 is 11.5 Å². The normalized spacial score (nSPS) is 18.4. The molecule has 0 aromatic carbocycles. The summed E-state index contributed by atoms with van der Waals surface area (Å²) in [4.78, 5) is 0. The Bertz CT molecular complexity index is 174. The first kappa shape index (κ1) is 11.4. The Morgan fingerprint density at radius 3 is 2.25 bits per heavy atom. The average molecular weight is 171 g/mol. The van der Waals surface area contributed by atoms with E-state index in [4.69, 9.17) is 10.00 Å². The van der Waals surface area contributed by atoms with Gasteiger partial charge in [0, 0.05) is 7.11 Å². The lowest BCUT2D eigenvalue weighted by Gasteiger charge is -2.33. The molecule has 0 aromatic rings. The van der Waals surface area contributed by atoms with E-state index in [9.17, 15) is 5.11 Å². The number of hydrogen-bond acceptors (Lipinski definition) is 3. The minimum absolute atomic E-state index is 0.0205. The van der Waals surface area contributed by atoms with Crippen LogP contribution in [0.4, 0.5) is 0 Å². The van der Waals surface area contributed by atoms with Gasteiger partial charge < -0.3 is 9.84 Å². The van der Waals surface area contributed by atoms with Crippen LogP contribution in [-0.4, -0.2) is 24.4 Å².